The van der Waals surface area contributed by atoms with E-state index in [9.17, 15) is 0 Å². The summed E-state index contributed by atoms with van der Waals surface area (Å²) in [5.74, 6) is 3.06. The summed E-state index contributed by atoms with van der Waals surface area (Å²) in [6, 6.07) is 29.7. The van der Waals surface area contributed by atoms with E-state index in [0.29, 0.717) is 11.6 Å². The van der Waals surface area contributed by atoms with Crippen LogP contribution in [0, 0.1) is 5.41 Å². The summed E-state index contributed by atoms with van der Waals surface area (Å²) in [6.07, 6.45) is 2.51. The maximum Gasteiger partial charge on any atom is 0.220 e. The van der Waals surface area contributed by atoms with Gasteiger partial charge in [0, 0.05) is 34.6 Å². The molecule has 6 rings (SSSR count). The number of benzene rings is 3. The summed E-state index contributed by atoms with van der Waals surface area (Å²) in [4.78, 5) is 14.7. The third-order valence-corrected chi connectivity index (χ3v) is 9.26. The van der Waals surface area contributed by atoms with Gasteiger partial charge in [0.05, 0.1) is 16.9 Å². The lowest BCUT2D eigenvalue weighted by molar-refractivity contribution is 0.366. The van der Waals surface area contributed by atoms with Gasteiger partial charge >= 0.3 is 0 Å². The first-order valence-electron chi connectivity index (χ1n) is 18.0. The van der Waals surface area contributed by atoms with Gasteiger partial charge in [-0.1, -0.05) is 113 Å². The van der Waals surface area contributed by atoms with Gasteiger partial charge in [-0.25, -0.2) is 15.0 Å². The number of pyridine rings is 1. The zero-order chi connectivity index (χ0) is 36.9. The molecule has 0 fully saturated rings. The molecule has 0 spiro atoms. The van der Waals surface area contributed by atoms with Crippen LogP contribution in [0.2, 0.25) is 0 Å². The summed E-state index contributed by atoms with van der Waals surface area (Å²) in [5, 5.41) is 0.953. The van der Waals surface area contributed by atoms with E-state index in [1.54, 1.807) is 6.33 Å². The molecule has 3 aromatic heterocycles. The van der Waals surface area contributed by atoms with Crippen LogP contribution in [0.4, 0.5) is 0 Å². The molecule has 0 aliphatic heterocycles. The third kappa shape index (κ3) is 8.25. The molecule has 264 valence electrons. The van der Waals surface area contributed by atoms with Gasteiger partial charge in [-0.05, 0) is 86.9 Å². The van der Waals surface area contributed by atoms with Gasteiger partial charge in [-0.3, -0.25) is 0 Å². The smallest absolute Gasteiger partial charge is 0.220 e. The Labute approximate surface area is 304 Å². The Bertz CT molecular complexity index is 2200. The first-order valence-corrected chi connectivity index (χ1v) is 18.0. The molecule has 3 heterocycles. The summed E-state index contributed by atoms with van der Waals surface area (Å²) >= 11 is 0. The number of aromatic nitrogens is 3. The van der Waals surface area contributed by atoms with Crippen molar-refractivity contribution in [1.29, 1.82) is 0 Å². The summed E-state index contributed by atoms with van der Waals surface area (Å²) in [7, 11) is 0. The molecule has 0 aliphatic rings. The molecule has 5 heteroatoms. The van der Waals surface area contributed by atoms with E-state index in [4.69, 9.17) is 24.1 Å². The maximum atomic E-state index is 6.75. The Morgan fingerprint density at radius 3 is 1.96 bits per heavy atom. The van der Waals surface area contributed by atoms with E-state index >= 15 is 0 Å². The molecule has 6 aromatic rings. The standard InChI is InChI=1S/C46H53N3O2/c1-43(2,3)27-34-19-20-39(50-34)36-17-14-18-37-41(47-28-48-42(36)37)30-22-32(45(7,8)9)24-35(23-30)51-40-26-33(46(10,11)12)25-38(49-40)29-15-13-16-31(21-29)44(4,5)6/h13-26,28H,27H2,1-12H3. The van der Waals surface area contributed by atoms with Crippen molar-refractivity contribution in [3.05, 3.63) is 114 Å². The first-order chi connectivity index (χ1) is 23.7. The van der Waals surface area contributed by atoms with Crippen LogP contribution < -0.4 is 4.74 Å². The normalized spacial score (nSPS) is 12.8. The molecular formula is C46H53N3O2. The fourth-order valence-electron chi connectivity index (χ4n) is 6.29. The van der Waals surface area contributed by atoms with Gasteiger partial charge in [-0.15, -0.1) is 0 Å². The quantitative estimate of drug-likeness (QED) is 0.175. The summed E-state index contributed by atoms with van der Waals surface area (Å²) in [5.41, 5.74) is 9.06. The highest BCUT2D eigenvalue weighted by Gasteiger charge is 2.23. The van der Waals surface area contributed by atoms with Crippen LogP contribution >= 0.6 is 0 Å². The van der Waals surface area contributed by atoms with E-state index in [-0.39, 0.29) is 21.7 Å². The second kappa shape index (κ2) is 13.1. The van der Waals surface area contributed by atoms with Gasteiger partial charge in [0.2, 0.25) is 5.88 Å². The number of ether oxygens (including phenoxy) is 1. The van der Waals surface area contributed by atoms with Crippen molar-refractivity contribution < 1.29 is 9.15 Å². The average molecular weight is 680 g/mol. The molecule has 0 radical (unpaired) electrons. The highest BCUT2D eigenvalue weighted by Crippen LogP contribution is 2.39. The van der Waals surface area contributed by atoms with E-state index in [1.807, 2.05) is 0 Å². The van der Waals surface area contributed by atoms with Crippen LogP contribution in [0.15, 0.2) is 95.7 Å². The number of nitrogens with zero attached hydrogens (tertiary/aromatic N) is 3. The second-order valence-electron chi connectivity index (χ2n) is 18.2. The molecule has 0 unspecified atom stereocenters. The molecule has 3 aromatic carbocycles. The van der Waals surface area contributed by atoms with Gasteiger partial charge in [0.1, 0.15) is 23.6 Å². The number of para-hydroxylation sites is 1. The summed E-state index contributed by atoms with van der Waals surface area (Å²) < 4.78 is 13.1. The maximum absolute atomic E-state index is 6.75. The zero-order valence-electron chi connectivity index (χ0n) is 32.5. The van der Waals surface area contributed by atoms with Crippen molar-refractivity contribution in [2.24, 2.45) is 5.41 Å². The number of hydrogen-bond donors (Lipinski definition) is 0. The molecular weight excluding hydrogens is 627 g/mol. The molecule has 0 atom stereocenters. The topological polar surface area (TPSA) is 61.0 Å². The Morgan fingerprint density at radius 1 is 0.608 bits per heavy atom. The Balaban J connectivity index is 1.45. The highest BCUT2D eigenvalue weighted by atomic mass is 16.5. The van der Waals surface area contributed by atoms with Gasteiger partial charge < -0.3 is 9.15 Å². The average Bonchev–Trinajstić information content (AvgIpc) is 3.49. The van der Waals surface area contributed by atoms with E-state index < -0.39 is 0 Å². The lowest BCUT2D eigenvalue weighted by Gasteiger charge is -2.23. The second-order valence-corrected chi connectivity index (χ2v) is 18.2. The van der Waals surface area contributed by atoms with Crippen LogP contribution in [0.5, 0.6) is 11.6 Å². The van der Waals surface area contributed by atoms with E-state index in [1.165, 1.54) is 5.56 Å². The fraction of sp³-hybridized carbons (Fsp3) is 0.370. The number of furan rings is 1. The summed E-state index contributed by atoms with van der Waals surface area (Å²) in [6.45, 7) is 26.7. The van der Waals surface area contributed by atoms with Crippen molar-refractivity contribution in [2.75, 3.05) is 0 Å². The Hall–Kier alpha value is -4.77. The predicted molar refractivity (Wildman–Crippen MR) is 212 cm³/mol. The third-order valence-electron chi connectivity index (χ3n) is 9.26. The van der Waals surface area contributed by atoms with Crippen molar-refractivity contribution in [2.45, 2.75) is 106 Å². The number of rotatable bonds is 6. The van der Waals surface area contributed by atoms with Crippen LogP contribution in [-0.4, -0.2) is 15.0 Å². The Morgan fingerprint density at radius 2 is 1.27 bits per heavy atom. The molecule has 0 bridgehead atoms. The van der Waals surface area contributed by atoms with Crippen molar-refractivity contribution >= 4 is 10.9 Å². The zero-order valence-corrected chi connectivity index (χ0v) is 32.5. The molecule has 51 heavy (non-hydrogen) atoms. The van der Waals surface area contributed by atoms with Crippen molar-refractivity contribution in [3.63, 3.8) is 0 Å². The highest BCUT2D eigenvalue weighted by molar-refractivity contribution is 6.00. The van der Waals surface area contributed by atoms with Crippen LogP contribution in [0.1, 0.15) is 106 Å². The van der Waals surface area contributed by atoms with Crippen molar-refractivity contribution in [1.82, 2.24) is 15.0 Å². The first kappa shape index (κ1) is 36.0. The van der Waals surface area contributed by atoms with Gasteiger partial charge in [0.15, 0.2) is 0 Å². The van der Waals surface area contributed by atoms with Crippen LogP contribution in [0.25, 0.3) is 44.7 Å². The van der Waals surface area contributed by atoms with Crippen LogP contribution in [-0.2, 0) is 22.7 Å². The Kier molecular flexibility index (Phi) is 9.25. The minimum Gasteiger partial charge on any atom is -0.461 e. The van der Waals surface area contributed by atoms with Gasteiger partial charge in [-0.2, -0.15) is 0 Å². The molecule has 0 saturated carbocycles. The van der Waals surface area contributed by atoms with Crippen molar-refractivity contribution in [3.8, 4) is 45.5 Å². The number of hydrogen-bond acceptors (Lipinski definition) is 5. The molecule has 5 nitrogen and oxygen atoms in total. The number of fused-ring (bicyclic) bond motifs is 1. The monoisotopic (exact) mass is 679 g/mol. The van der Waals surface area contributed by atoms with Crippen LogP contribution in [0.3, 0.4) is 0 Å². The molecule has 0 aliphatic carbocycles. The minimum atomic E-state index is -0.140. The molecule has 0 N–H and O–H groups in total. The fourth-order valence-corrected chi connectivity index (χ4v) is 6.29. The lowest BCUT2D eigenvalue weighted by Crippen LogP contribution is -2.13. The predicted octanol–water partition coefficient (Wildman–Crippen LogP) is 12.9. The largest absolute Gasteiger partial charge is 0.461 e. The van der Waals surface area contributed by atoms with E-state index in [0.717, 1.165) is 68.0 Å². The molecule has 0 amide bonds. The lowest BCUT2D eigenvalue weighted by atomic mass is 9.84. The minimum absolute atomic E-state index is 0.0276. The SMILES string of the molecule is CC(C)(C)Cc1ccc(-c2cccc3c(-c4cc(Oc5cc(C(C)(C)C)cc(-c6cccc(C(C)(C)C)c6)n5)cc(C(C)(C)C)c4)ncnc23)o1. The molecule has 0 saturated heterocycles. The van der Waals surface area contributed by atoms with E-state index in [2.05, 4.69) is 168 Å². The van der Waals surface area contributed by atoms with Gasteiger partial charge in [0.25, 0.3) is 0 Å².